The maximum Gasteiger partial charge on any atom is 0.315 e. The number of carbonyl (C=O) groups excluding carboxylic acids is 1. The predicted octanol–water partition coefficient (Wildman–Crippen LogP) is 4.35. The Labute approximate surface area is 185 Å². The molecule has 2 N–H and O–H groups in total. The Morgan fingerprint density at radius 1 is 1.03 bits per heavy atom. The van der Waals surface area contributed by atoms with Crippen molar-refractivity contribution in [2.75, 3.05) is 27.3 Å². The molecule has 31 heavy (non-hydrogen) atoms. The van der Waals surface area contributed by atoms with Gasteiger partial charge in [-0.1, -0.05) is 24.3 Å². The third-order valence-electron chi connectivity index (χ3n) is 6.49. The average molecular weight is 426 g/mol. The standard InChI is InChI=1S/C25H35N3O3/c1-17-18(2)23(30-4)11-10-22(17)19(3)28-14-12-21(13-15-28)27-25(29)26-16-20-8-6-7-9-24(20)31-5/h6-11,19,21H,12-16H2,1-5H3,(H2,26,27,29). The number of hydrogen-bond acceptors (Lipinski definition) is 4. The second-order valence-electron chi connectivity index (χ2n) is 8.23. The summed E-state index contributed by atoms with van der Waals surface area (Å²) >= 11 is 0. The van der Waals surface area contributed by atoms with E-state index >= 15 is 0 Å². The van der Waals surface area contributed by atoms with E-state index in [1.54, 1.807) is 14.2 Å². The fraction of sp³-hybridized carbons (Fsp3) is 0.480. The largest absolute Gasteiger partial charge is 0.496 e. The molecule has 1 aliphatic heterocycles. The third kappa shape index (κ3) is 5.50. The topological polar surface area (TPSA) is 62.8 Å². The van der Waals surface area contributed by atoms with Crippen LogP contribution in [0, 0.1) is 13.8 Å². The van der Waals surface area contributed by atoms with E-state index in [1.165, 1.54) is 16.7 Å². The van der Waals surface area contributed by atoms with E-state index in [4.69, 9.17) is 9.47 Å². The number of likely N-dealkylation sites (tertiary alicyclic amines) is 1. The number of amides is 2. The normalized spacial score (nSPS) is 15.9. The van der Waals surface area contributed by atoms with Crippen LogP contribution in [0.3, 0.4) is 0 Å². The lowest BCUT2D eigenvalue weighted by atomic mass is 9.94. The van der Waals surface area contributed by atoms with Gasteiger partial charge in [0.15, 0.2) is 0 Å². The zero-order chi connectivity index (χ0) is 22.4. The van der Waals surface area contributed by atoms with Gasteiger partial charge in [0.05, 0.1) is 14.2 Å². The Morgan fingerprint density at radius 3 is 2.39 bits per heavy atom. The molecule has 2 aromatic rings. The molecule has 0 aliphatic carbocycles. The van der Waals surface area contributed by atoms with E-state index < -0.39 is 0 Å². The smallest absolute Gasteiger partial charge is 0.315 e. The van der Waals surface area contributed by atoms with E-state index in [1.807, 2.05) is 24.3 Å². The van der Waals surface area contributed by atoms with E-state index in [0.29, 0.717) is 12.6 Å². The van der Waals surface area contributed by atoms with Crippen molar-refractivity contribution in [1.29, 1.82) is 0 Å². The van der Waals surface area contributed by atoms with Crippen LogP contribution in [0.5, 0.6) is 11.5 Å². The van der Waals surface area contributed by atoms with Gasteiger partial charge in [-0.25, -0.2) is 4.79 Å². The molecule has 2 amide bonds. The number of urea groups is 1. The molecule has 6 heteroatoms. The summed E-state index contributed by atoms with van der Waals surface area (Å²) in [7, 11) is 3.36. The first-order valence-corrected chi connectivity index (χ1v) is 11.0. The summed E-state index contributed by atoms with van der Waals surface area (Å²) in [5.41, 5.74) is 4.81. The van der Waals surface area contributed by atoms with Gasteiger partial charge < -0.3 is 20.1 Å². The molecule has 1 aliphatic rings. The molecule has 1 saturated heterocycles. The van der Waals surface area contributed by atoms with Gasteiger partial charge in [-0.2, -0.15) is 0 Å². The number of methoxy groups -OCH3 is 2. The molecule has 0 saturated carbocycles. The van der Waals surface area contributed by atoms with E-state index in [-0.39, 0.29) is 12.1 Å². The van der Waals surface area contributed by atoms with Gasteiger partial charge in [0.1, 0.15) is 11.5 Å². The number of nitrogens with one attached hydrogen (secondary N) is 2. The minimum absolute atomic E-state index is 0.126. The van der Waals surface area contributed by atoms with E-state index in [9.17, 15) is 4.79 Å². The molecule has 0 bridgehead atoms. The van der Waals surface area contributed by atoms with Crippen molar-refractivity contribution >= 4 is 6.03 Å². The quantitative estimate of drug-likeness (QED) is 0.693. The van der Waals surface area contributed by atoms with Gasteiger partial charge in [-0.15, -0.1) is 0 Å². The fourth-order valence-electron chi connectivity index (χ4n) is 4.38. The molecule has 0 aromatic heterocycles. The number of rotatable bonds is 7. The van der Waals surface area contributed by atoms with Crippen LogP contribution in [0.1, 0.15) is 48.1 Å². The van der Waals surface area contributed by atoms with Crippen molar-refractivity contribution in [3.63, 3.8) is 0 Å². The van der Waals surface area contributed by atoms with Crippen LogP contribution >= 0.6 is 0 Å². The number of hydrogen-bond donors (Lipinski definition) is 2. The average Bonchev–Trinajstić information content (AvgIpc) is 2.79. The Hall–Kier alpha value is -2.73. The van der Waals surface area contributed by atoms with Crippen molar-refractivity contribution in [2.45, 2.75) is 52.2 Å². The molecule has 2 aromatic carbocycles. The van der Waals surface area contributed by atoms with Crippen LogP contribution in [0.4, 0.5) is 4.79 Å². The molecule has 1 unspecified atom stereocenters. The molecule has 3 rings (SSSR count). The maximum atomic E-state index is 12.4. The lowest BCUT2D eigenvalue weighted by molar-refractivity contribution is 0.152. The second kappa shape index (κ2) is 10.5. The number of para-hydroxylation sites is 1. The number of nitrogens with zero attached hydrogens (tertiary/aromatic N) is 1. The predicted molar refractivity (Wildman–Crippen MR) is 124 cm³/mol. The van der Waals surface area contributed by atoms with Gasteiger partial charge in [0.2, 0.25) is 0 Å². The summed E-state index contributed by atoms with van der Waals surface area (Å²) in [6.07, 6.45) is 1.89. The Balaban J connectivity index is 1.49. The van der Waals surface area contributed by atoms with Crippen LogP contribution in [0.15, 0.2) is 36.4 Å². The number of benzene rings is 2. The number of ether oxygens (including phenoxy) is 2. The first kappa shape index (κ1) is 22.9. The van der Waals surface area contributed by atoms with Crippen molar-refractivity contribution in [3.05, 3.63) is 58.7 Å². The highest BCUT2D eigenvalue weighted by Gasteiger charge is 2.25. The number of piperidine rings is 1. The molecular weight excluding hydrogens is 390 g/mol. The van der Waals surface area contributed by atoms with Gasteiger partial charge in [0.25, 0.3) is 0 Å². The molecule has 168 valence electrons. The maximum absolute atomic E-state index is 12.4. The van der Waals surface area contributed by atoms with E-state index in [0.717, 1.165) is 43.0 Å². The summed E-state index contributed by atoms with van der Waals surface area (Å²) in [4.78, 5) is 14.9. The van der Waals surface area contributed by atoms with Crippen LogP contribution in [0.25, 0.3) is 0 Å². The van der Waals surface area contributed by atoms with Crippen LogP contribution in [-0.2, 0) is 6.54 Å². The lowest BCUT2D eigenvalue weighted by Gasteiger charge is -2.37. The fourth-order valence-corrected chi connectivity index (χ4v) is 4.38. The summed E-state index contributed by atoms with van der Waals surface area (Å²) in [6, 6.07) is 12.4. The first-order chi connectivity index (χ1) is 14.9. The highest BCUT2D eigenvalue weighted by molar-refractivity contribution is 5.74. The summed E-state index contributed by atoms with van der Waals surface area (Å²) < 4.78 is 10.8. The highest BCUT2D eigenvalue weighted by Crippen LogP contribution is 2.31. The van der Waals surface area contributed by atoms with Gasteiger partial charge >= 0.3 is 6.03 Å². The lowest BCUT2D eigenvalue weighted by Crippen LogP contribution is -2.48. The van der Waals surface area contributed by atoms with Crippen LogP contribution in [-0.4, -0.2) is 44.3 Å². The molecule has 1 heterocycles. The van der Waals surface area contributed by atoms with Gasteiger partial charge in [0, 0.05) is 37.3 Å². The second-order valence-corrected chi connectivity index (χ2v) is 8.23. The monoisotopic (exact) mass is 425 g/mol. The molecule has 1 atom stereocenters. The molecule has 0 spiro atoms. The molecule has 1 fully saturated rings. The molecule has 6 nitrogen and oxygen atoms in total. The van der Waals surface area contributed by atoms with Gasteiger partial charge in [-0.05, 0) is 62.4 Å². The zero-order valence-electron chi connectivity index (χ0n) is 19.3. The molecular formula is C25H35N3O3. The Bertz CT molecular complexity index is 892. The van der Waals surface area contributed by atoms with Crippen molar-refractivity contribution in [3.8, 4) is 11.5 Å². The van der Waals surface area contributed by atoms with Crippen molar-refractivity contribution < 1.29 is 14.3 Å². The Kier molecular flexibility index (Phi) is 7.80. The summed E-state index contributed by atoms with van der Waals surface area (Å²) in [5, 5.41) is 6.08. The minimum atomic E-state index is -0.126. The van der Waals surface area contributed by atoms with Crippen LogP contribution in [0.2, 0.25) is 0 Å². The van der Waals surface area contributed by atoms with Crippen molar-refractivity contribution in [1.82, 2.24) is 15.5 Å². The van der Waals surface area contributed by atoms with Crippen molar-refractivity contribution in [2.24, 2.45) is 0 Å². The summed E-state index contributed by atoms with van der Waals surface area (Å²) in [5.74, 6) is 1.73. The molecule has 0 radical (unpaired) electrons. The minimum Gasteiger partial charge on any atom is -0.496 e. The van der Waals surface area contributed by atoms with Gasteiger partial charge in [-0.3, -0.25) is 4.90 Å². The SMILES string of the molecule is COc1ccccc1CNC(=O)NC1CCN(C(C)c2ccc(OC)c(C)c2C)CC1. The third-order valence-corrected chi connectivity index (χ3v) is 6.49. The summed E-state index contributed by atoms with van der Waals surface area (Å²) in [6.45, 7) is 8.92. The zero-order valence-corrected chi connectivity index (χ0v) is 19.3. The van der Waals surface area contributed by atoms with E-state index in [2.05, 4.69) is 48.4 Å². The highest BCUT2D eigenvalue weighted by atomic mass is 16.5. The first-order valence-electron chi connectivity index (χ1n) is 11.0. The Morgan fingerprint density at radius 2 is 1.71 bits per heavy atom. The van der Waals surface area contributed by atoms with Crippen LogP contribution < -0.4 is 20.1 Å². The number of carbonyl (C=O) groups is 1.